The van der Waals surface area contributed by atoms with Crippen LogP contribution < -0.4 is 19.5 Å². The van der Waals surface area contributed by atoms with Gasteiger partial charge in [-0.15, -0.1) is 0 Å². The van der Waals surface area contributed by atoms with Crippen molar-refractivity contribution in [2.75, 3.05) is 20.8 Å². The van der Waals surface area contributed by atoms with Crippen molar-refractivity contribution >= 4 is 0 Å². The third-order valence-electron chi connectivity index (χ3n) is 3.70. The molecule has 4 heteroatoms. The molecule has 1 atom stereocenters. The first kappa shape index (κ1) is 13.8. The molecule has 0 saturated heterocycles. The molecule has 1 heterocycles. The highest BCUT2D eigenvalue weighted by molar-refractivity contribution is 5.43. The standard InChI is InChI=1S/C17H19NO3/c1-19-16-8-7-12(9-17(16)20-2)10-18-14-11-21-15-6-4-3-5-13(14)15/h3-9,14,18H,10-11H2,1-2H3. The first-order valence-electron chi connectivity index (χ1n) is 6.98. The van der Waals surface area contributed by atoms with Crippen molar-refractivity contribution in [3.8, 4) is 17.2 Å². The number of benzene rings is 2. The van der Waals surface area contributed by atoms with Crippen LogP contribution in [0.3, 0.4) is 0 Å². The fourth-order valence-electron chi connectivity index (χ4n) is 2.56. The zero-order valence-corrected chi connectivity index (χ0v) is 12.3. The van der Waals surface area contributed by atoms with Crippen LogP contribution in [0.4, 0.5) is 0 Å². The summed E-state index contributed by atoms with van der Waals surface area (Å²) in [6, 6.07) is 14.3. The molecule has 0 aromatic heterocycles. The molecule has 1 unspecified atom stereocenters. The maximum Gasteiger partial charge on any atom is 0.161 e. The molecular weight excluding hydrogens is 266 g/mol. The molecule has 1 N–H and O–H groups in total. The Balaban J connectivity index is 1.69. The SMILES string of the molecule is COc1ccc(CNC2COc3ccccc32)cc1OC. The number of hydrogen-bond donors (Lipinski definition) is 1. The molecule has 3 rings (SSSR count). The van der Waals surface area contributed by atoms with Crippen LogP contribution >= 0.6 is 0 Å². The number of hydrogen-bond acceptors (Lipinski definition) is 4. The zero-order chi connectivity index (χ0) is 14.7. The molecule has 0 radical (unpaired) electrons. The second-order valence-electron chi connectivity index (χ2n) is 4.97. The summed E-state index contributed by atoms with van der Waals surface area (Å²) in [6.07, 6.45) is 0. The topological polar surface area (TPSA) is 39.7 Å². The van der Waals surface area contributed by atoms with Crippen molar-refractivity contribution in [2.24, 2.45) is 0 Å². The number of fused-ring (bicyclic) bond motifs is 1. The maximum atomic E-state index is 5.67. The minimum absolute atomic E-state index is 0.231. The molecule has 2 aromatic rings. The Kier molecular flexibility index (Phi) is 3.97. The minimum atomic E-state index is 0.231. The zero-order valence-electron chi connectivity index (χ0n) is 12.3. The van der Waals surface area contributed by atoms with E-state index in [-0.39, 0.29) is 6.04 Å². The van der Waals surface area contributed by atoms with Crippen molar-refractivity contribution in [1.29, 1.82) is 0 Å². The Hall–Kier alpha value is -2.20. The van der Waals surface area contributed by atoms with E-state index in [0.717, 1.165) is 29.4 Å². The van der Waals surface area contributed by atoms with E-state index in [1.54, 1.807) is 14.2 Å². The van der Waals surface area contributed by atoms with Crippen LogP contribution in [-0.2, 0) is 6.54 Å². The normalized spacial score (nSPS) is 16.2. The molecule has 0 aliphatic carbocycles. The van der Waals surface area contributed by atoms with Gasteiger partial charge in [-0.2, -0.15) is 0 Å². The molecule has 0 fully saturated rings. The molecule has 1 aliphatic heterocycles. The van der Waals surface area contributed by atoms with Gasteiger partial charge in [0.15, 0.2) is 11.5 Å². The van der Waals surface area contributed by atoms with Crippen LogP contribution in [0.15, 0.2) is 42.5 Å². The van der Waals surface area contributed by atoms with Gasteiger partial charge in [0.05, 0.1) is 20.3 Å². The van der Waals surface area contributed by atoms with E-state index in [4.69, 9.17) is 14.2 Å². The van der Waals surface area contributed by atoms with Crippen molar-refractivity contribution in [1.82, 2.24) is 5.32 Å². The lowest BCUT2D eigenvalue weighted by Crippen LogP contribution is -2.21. The highest BCUT2D eigenvalue weighted by atomic mass is 16.5. The van der Waals surface area contributed by atoms with E-state index in [9.17, 15) is 0 Å². The fraction of sp³-hybridized carbons (Fsp3) is 0.294. The predicted octanol–water partition coefficient (Wildman–Crippen LogP) is 2.93. The number of ether oxygens (including phenoxy) is 3. The monoisotopic (exact) mass is 285 g/mol. The molecule has 2 aromatic carbocycles. The highest BCUT2D eigenvalue weighted by Crippen LogP contribution is 2.32. The van der Waals surface area contributed by atoms with Gasteiger partial charge < -0.3 is 19.5 Å². The lowest BCUT2D eigenvalue weighted by molar-refractivity contribution is 0.310. The smallest absolute Gasteiger partial charge is 0.161 e. The summed E-state index contributed by atoms with van der Waals surface area (Å²) in [5, 5.41) is 3.52. The Labute approximate surface area is 124 Å². The molecular formula is C17H19NO3. The number of rotatable bonds is 5. The van der Waals surface area contributed by atoms with E-state index in [1.807, 2.05) is 36.4 Å². The lowest BCUT2D eigenvalue weighted by atomic mass is 10.1. The minimum Gasteiger partial charge on any atom is -0.493 e. The highest BCUT2D eigenvalue weighted by Gasteiger charge is 2.22. The Morgan fingerprint density at radius 1 is 1.10 bits per heavy atom. The van der Waals surface area contributed by atoms with Crippen LogP contribution in [0.1, 0.15) is 17.2 Å². The van der Waals surface area contributed by atoms with E-state index in [2.05, 4.69) is 11.4 Å². The van der Waals surface area contributed by atoms with Gasteiger partial charge in [-0.05, 0) is 23.8 Å². The largest absolute Gasteiger partial charge is 0.493 e. The van der Waals surface area contributed by atoms with E-state index in [0.29, 0.717) is 6.61 Å². The Bertz CT molecular complexity index is 627. The number of methoxy groups -OCH3 is 2. The molecule has 0 amide bonds. The first-order valence-corrected chi connectivity index (χ1v) is 6.98. The fourth-order valence-corrected chi connectivity index (χ4v) is 2.56. The summed E-state index contributed by atoms with van der Waals surface area (Å²) in [5.41, 5.74) is 2.37. The predicted molar refractivity (Wildman–Crippen MR) is 81.1 cm³/mol. The van der Waals surface area contributed by atoms with Gasteiger partial charge in [0.25, 0.3) is 0 Å². The average molecular weight is 285 g/mol. The van der Waals surface area contributed by atoms with Crippen molar-refractivity contribution in [3.63, 3.8) is 0 Å². The second kappa shape index (κ2) is 6.06. The van der Waals surface area contributed by atoms with Gasteiger partial charge in [0.2, 0.25) is 0 Å². The van der Waals surface area contributed by atoms with E-state index < -0.39 is 0 Å². The molecule has 110 valence electrons. The second-order valence-corrected chi connectivity index (χ2v) is 4.97. The van der Waals surface area contributed by atoms with Crippen LogP contribution in [-0.4, -0.2) is 20.8 Å². The Morgan fingerprint density at radius 2 is 1.90 bits per heavy atom. The van der Waals surface area contributed by atoms with Crippen molar-refractivity contribution in [2.45, 2.75) is 12.6 Å². The maximum absolute atomic E-state index is 5.67. The Morgan fingerprint density at radius 3 is 2.71 bits per heavy atom. The van der Waals surface area contributed by atoms with Gasteiger partial charge in [0.1, 0.15) is 12.4 Å². The molecule has 0 saturated carbocycles. The molecule has 4 nitrogen and oxygen atoms in total. The van der Waals surface area contributed by atoms with Gasteiger partial charge >= 0.3 is 0 Å². The molecule has 0 bridgehead atoms. The molecule has 1 aliphatic rings. The molecule has 0 spiro atoms. The van der Waals surface area contributed by atoms with Gasteiger partial charge in [-0.1, -0.05) is 24.3 Å². The van der Waals surface area contributed by atoms with Crippen molar-refractivity contribution in [3.05, 3.63) is 53.6 Å². The van der Waals surface area contributed by atoms with Gasteiger partial charge in [-0.3, -0.25) is 0 Å². The molecule has 21 heavy (non-hydrogen) atoms. The number of nitrogens with one attached hydrogen (secondary N) is 1. The van der Waals surface area contributed by atoms with Crippen LogP contribution in [0.2, 0.25) is 0 Å². The third kappa shape index (κ3) is 2.81. The van der Waals surface area contributed by atoms with E-state index in [1.165, 1.54) is 5.56 Å². The quantitative estimate of drug-likeness (QED) is 0.917. The summed E-state index contributed by atoms with van der Waals surface area (Å²) in [7, 11) is 3.29. The van der Waals surface area contributed by atoms with Crippen LogP contribution in [0.5, 0.6) is 17.2 Å². The van der Waals surface area contributed by atoms with Crippen LogP contribution in [0, 0.1) is 0 Å². The lowest BCUT2D eigenvalue weighted by Gasteiger charge is -2.13. The van der Waals surface area contributed by atoms with Crippen LogP contribution in [0.25, 0.3) is 0 Å². The summed E-state index contributed by atoms with van der Waals surface area (Å²) < 4.78 is 16.3. The summed E-state index contributed by atoms with van der Waals surface area (Å²) >= 11 is 0. The van der Waals surface area contributed by atoms with Gasteiger partial charge in [0, 0.05) is 12.1 Å². The van der Waals surface area contributed by atoms with Crippen molar-refractivity contribution < 1.29 is 14.2 Å². The number of para-hydroxylation sites is 1. The summed E-state index contributed by atoms with van der Waals surface area (Å²) in [4.78, 5) is 0. The third-order valence-corrected chi connectivity index (χ3v) is 3.70. The first-order chi connectivity index (χ1) is 10.3. The average Bonchev–Trinajstić information content (AvgIpc) is 2.96. The van der Waals surface area contributed by atoms with E-state index >= 15 is 0 Å². The van der Waals surface area contributed by atoms with Gasteiger partial charge in [-0.25, -0.2) is 0 Å². The summed E-state index contributed by atoms with van der Waals surface area (Å²) in [5.74, 6) is 2.47. The summed E-state index contributed by atoms with van der Waals surface area (Å²) in [6.45, 7) is 1.43.